The molecule has 0 spiro atoms. The van der Waals surface area contributed by atoms with Gasteiger partial charge < -0.3 is 9.84 Å². The van der Waals surface area contributed by atoms with Crippen LogP contribution in [0.2, 0.25) is 0 Å². The highest BCUT2D eigenvalue weighted by atomic mass is 16.5. The van der Waals surface area contributed by atoms with E-state index in [-0.39, 0.29) is 11.3 Å². The summed E-state index contributed by atoms with van der Waals surface area (Å²) >= 11 is 0. The third kappa shape index (κ3) is 2.87. The summed E-state index contributed by atoms with van der Waals surface area (Å²) in [5.41, 5.74) is 1.07. The van der Waals surface area contributed by atoms with Crippen molar-refractivity contribution < 1.29 is 14.6 Å². The lowest BCUT2D eigenvalue weighted by molar-refractivity contribution is 0.0693. The molecule has 0 atom stereocenters. The number of nitriles is 1. The van der Waals surface area contributed by atoms with E-state index < -0.39 is 5.97 Å². The first-order valence-electron chi connectivity index (χ1n) is 5.48. The van der Waals surface area contributed by atoms with Crippen LogP contribution in [0.3, 0.4) is 0 Å². The molecule has 0 aliphatic carbocycles. The first kappa shape index (κ1) is 12.6. The summed E-state index contributed by atoms with van der Waals surface area (Å²) in [5, 5.41) is 17.9. The van der Waals surface area contributed by atoms with Gasteiger partial charge in [-0.15, -0.1) is 0 Å². The number of carboxylic acid groups (broad SMARTS) is 1. The Bertz CT molecular complexity index is 675. The van der Waals surface area contributed by atoms with Crippen LogP contribution in [-0.2, 0) is 0 Å². The van der Waals surface area contributed by atoms with E-state index >= 15 is 0 Å². The van der Waals surface area contributed by atoms with Gasteiger partial charge in [0.15, 0.2) is 0 Å². The molecular weight excluding hydrogens is 244 g/mol. The van der Waals surface area contributed by atoms with Crippen LogP contribution in [0.5, 0.6) is 11.5 Å². The number of benzene rings is 1. The summed E-state index contributed by atoms with van der Waals surface area (Å²) in [6, 6.07) is 10.0. The van der Waals surface area contributed by atoms with E-state index in [0.29, 0.717) is 17.0 Å². The van der Waals surface area contributed by atoms with Crippen LogP contribution >= 0.6 is 0 Å². The lowest BCUT2D eigenvalue weighted by Gasteiger charge is -2.09. The summed E-state index contributed by atoms with van der Waals surface area (Å²) in [6.45, 7) is 1.74. The summed E-state index contributed by atoms with van der Waals surface area (Å²) in [7, 11) is 0. The number of rotatable bonds is 3. The van der Waals surface area contributed by atoms with Crippen molar-refractivity contribution in [3.63, 3.8) is 0 Å². The lowest BCUT2D eigenvalue weighted by Crippen LogP contribution is -2.02. The van der Waals surface area contributed by atoms with E-state index in [9.17, 15) is 4.79 Å². The SMILES string of the molecule is Cc1cc(Oc2cccc(C#N)c2)c(C(=O)O)cn1. The Morgan fingerprint density at radius 1 is 1.42 bits per heavy atom. The van der Waals surface area contributed by atoms with Gasteiger partial charge in [0, 0.05) is 18.0 Å². The molecule has 0 amide bonds. The molecule has 0 saturated heterocycles. The second-order valence-electron chi connectivity index (χ2n) is 3.87. The number of nitrogens with zero attached hydrogens (tertiary/aromatic N) is 2. The Hall–Kier alpha value is -2.87. The van der Waals surface area contributed by atoms with Crippen molar-refractivity contribution in [3.05, 3.63) is 53.3 Å². The molecule has 94 valence electrons. The molecule has 0 radical (unpaired) electrons. The zero-order chi connectivity index (χ0) is 13.8. The average molecular weight is 254 g/mol. The van der Waals surface area contributed by atoms with Gasteiger partial charge in [-0.05, 0) is 25.1 Å². The second kappa shape index (κ2) is 5.19. The van der Waals surface area contributed by atoms with Gasteiger partial charge in [0.1, 0.15) is 17.1 Å². The summed E-state index contributed by atoms with van der Waals surface area (Å²) in [4.78, 5) is 15.0. The van der Waals surface area contributed by atoms with Crippen molar-refractivity contribution in [2.24, 2.45) is 0 Å². The van der Waals surface area contributed by atoms with Crippen LogP contribution in [0.1, 0.15) is 21.6 Å². The number of carboxylic acids is 1. The minimum atomic E-state index is -1.11. The Morgan fingerprint density at radius 2 is 2.21 bits per heavy atom. The molecule has 0 saturated carbocycles. The fourth-order valence-corrected chi connectivity index (χ4v) is 1.54. The molecule has 0 unspecified atom stereocenters. The largest absolute Gasteiger partial charge is 0.477 e. The van der Waals surface area contributed by atoms with Crippen molar-refractivity contribution in [3.8, 4) is 17.6 Å². The number of carbonyl (C=O) groups is 1. The predicted molar refractivity (Wildman–Crippen MR) is 67.2 cm³/mol. The second-order valence-corrected chi connectivity index (χ2v) is 3.87. The van der Waals surface area contributed by atoms with Crippen LogP contribution in [0, 0.1) is 18.3 Å². The van der Waals surface area contributed by atoms with E-state index in [1.807, 2.05) is 6.07 Å². The number of hydrogen-bond donors (Lipinski definition) is 1. The van der Waals surface area contributed by atoms with Crippen molar-refractivity contribution in [1.29, 1.82) is 5.26 Å². The first-order valence-corrected chi connectivity index (χ1v) is 5.48. The maximum absolute atomic E-state index is 11.1. The number of aromatic nitrogens is 1. The molecule has 1 aromatic carbocycles. The highest BCUT2D eigenvalue weighted by Gasteiger charge is 2.13. The van der Waals surface area contributed by atoms with E-state index in [1.165, 1.54) is 6.20 Å². The fourth-order valence-electron chi connectivity index (χ4n) is 1.54. The topological polar surface area (TPSA) is 83.2 Å². The van der Waals surface area contributed by atoms with Gasteiger partial charge in [0.25, 0.3) is 0 Å². The summed E-state index contributed by atoms with van der Waals surface area (Å²) in [5.74, 6) is -0.499. The van der Waals surface area contributed by atoms with Gasteiger partial charge >= 0.3 is 5.97 Å². The molecule has 0 fully saturated rings. The van der Waals surface area contributed by atoms with Gasteiger partial charge in [0.2, 0.25) is 0 Å². The van der Waals surface area contributed by atoms with Gasteiger partial charge in [-0.3, -0.25) is 4.98 Å². The molecule has 5 nitrogen and oxygen atoms in total. The molecule has 5 heteroatoms. The normalized spacial score (nSPS) is 9.68. The summed E-state index contributed by atoms with van der Waals surface area (Å²) < 4.78 is 5.52. The van der Waals surface area contributed by atoms with E-state index in [4.69, 9.17) is 15.1 Å². The highest BCUT2D eigenvalue weighted by Crippen LogP contribution is 2.26. The van der Waals surface area contributed by atoms with Crippen molar-refractivity contribution >= 4 is 5.97 Å². The Balaban J connectivity index is 2.40. The van der Waals surface area contributed by atoms with Crippen molar-refractivity contribution in [2.45, 2.75) is 6.92 Å². The monoisotopic (exact) mass is 254 g/mol. The standard InChI is InChI=1S/C14H10N2O3/c1-9-5-13(12(8-16-9)14(17)18)19-11-4-2-3-10(6-11)7-15/h2-6,8H,1H3,(H,17,18). The minimum Gasteiger partial charge on any atom is -0.477 e. The number of ether oxygens (including phenoxy) is 1. The molecule has 0 bridgehead atoms. The van der Waals surface area contributed by atoms with Crippen molar-refractivity contribution in [2.75, 3.05) is 0 Å². The molecule has 1 aromatic heterocycles. The molecular formula is C14H10N2O3. The third-order valence-corrected chi connectivity index (χ3v) is 2.42. The van der Waals surface area contributed by atoms with Gasteiger partial charge in [0.05, 0.1) is 11.6 Å². The predicted octanol–water partition coefficient (Wildman–Crippen LogP) is 2.75. The zero-order valence-corrected chi connectivity index (χ0v) is 10.1. The molecule has 1 heterocycles. The average Bonchev–Trinajstić information content (AvgIpc) is 2.38. The molecule has 0 aliphatic heterocycles. The number of pyridine rings is 1. The van der Waals surface area contributed by atoms with E-state index in [0.717, 1.165) is 0 Å². The molecule has 2 rings (SSSR count). The minimum absolute atomic E-state index is 0.0204. The molecule has 19 heavy (non-hydrogen) atoms. The zero-order valence-electron chi connectivity index (χ0n) is 10.1. The molecule has 0 aliphatic rings. The maximum Gasteiger partial charge on any atom is 0.341 e. The van der Waals surface area contributed by atoms with Crippen LogP contribution in [-0.4, -0.2) is 16.1 Å². The molecule has 2 aromatic rings. The van der Waals surface area contributed by atoms with Crippen molar-refractivity contribution in [1.82, 2.24) is 4.98 Å². The Kier molecular flexibility index (Phi) is 3.44. The van der Waals surface area contributed by atoms with E-state index in [2.05, 4.69) is 4.98 Å². The first-order chi connectivity index (χ1) is 9.10. The number of aromatic carboxylic acids is 1. The number of aryl methyl sites for hydroxylation is 1. The number of hydrogen-bond acceptors (Lipinski definition) is 4. The van der Waals surface area contributed by atoms with Crippen LogP contribution in [0.25, 0.3) is 0 Å². The van der Waals surface area contributed by atoms with Crippen LogP contribution < -0.4 is 4.74 Å². The Morgan fingerprint density at radius 3 is 2.89 bits per heavy atom. The smallest absolute Gasteiger partial charge is 0.341 e. The van der Waals surface area contributed by atoms with E-state index in [1.54, 1.807) is 37.3 Å². The fraction of sp³-hybridized carbons (Fsp3) is 0.0714. The quantitative estimate of drug-likeness (QED) is 0.910. The van der Waals surface area contributed by atoms with Gasteiger partial charge in [-0.1, -0.05) is 6.07 Å². The Labute approximate surface area is 109 Å². The van der Waals surface area contributed by atoms with Gasteiger partial charge in [-0.25, -0.2) is 4.79 Å². The maximum atomic E-state index is 11.1. The van der Waals surface area contributed by atoms with Crippen LogP contribution in [0.4, 0.5) is 0 Å². The third-order valence-electron chi connectivity index (χ3n) is 2.42. The van der Waals surface area contributed by atoms with Gasteiger partial charge in [-0.2, -0.15) is 5.26 Å². The summed E-state index contributed by atoms with van der Waals surface area (Å²) in [6.07, 6.45) is 1.25. The highest BCUT2D eigenvalue weighted by molar-refractivity contribution is 5.90. The lowest BCUT2D eigenvalue weighted by atomic mass is 10.2. The van der Waals surface area contributed by atoms with Crippen LogP contribution in [0.15, 0.2) is 36.5 Å². The molecule has 1 N–H and O–H groups in total.